The Hall–Kier alpha value is -0.650. The van der Waals surface area contributed by atoms with E-state index in [2.05, 4.69) is 0 Å². The first-order valence-corrected chi connectivity index (χ1v) is 8.36. The molecule has 2 unspecified atom stereocenters. The van der Waals surface area contributed by atoms with E-state index in [4.69, 9.17) is 11.6 Å². The summed E-state index contributed by atoms with van der Waals surface area (Å²) in [5.74, 6) is -0.477. The number of hydrogen-bond donors (Lipinski definition) is 1. The van der Waals surface area contributed by atoms with Crippen LogP contribution in [-0.2, 0) is 16.3 Å². The van der Waals surface area contributed by atoms with Gasteiger partial charge in [-0.15, -0.1) is 0 Å². The molecule has 0 aliphatic carbocycles. The van der Waals surface area contributed by atoms with Crippen molar-refractivity contribution in [2.75, 3.05) is 18.1 Å². The predicted octanol–water partition coefficient (Wildman–Crippen LogP) is 2.06. The number of aliphatic hydroxyl groups excluding tert-OH is 1. The van der Waals surface area contributed by atoms with E-state index in [1.807, 2.05) is 0 Å². The second-order valence-corrected chi connectivity index (χ2v) is 7.71. The Morgan fingerprint density at radius 1 is 1.47 bits per heavy atom. The molecule has 106 valence electrons. The fourth-order valence-corrected chi connectivity index (χ4v) is 4.62. The molecule has 1 aromatic rings. The molecule has 1 saturated heterocycles. The zero-order valence-electron chi connectivity index (χ0n) is 10.4. The van der Waals surface area contributed by atoms with Crippen molar-refractivity contribution in [3.63, 3.8) is 0 Å². The van der Waals surface area contributed by atoms with Crippen LogP contribution in [0.5, 0.6) is 0 Å². The van der Waals surface area contributed by atoms with Crippen LogP contribution in [0.2, 0.25) is 5.02 Å². The van der Waals surface area contributed by atoms with Gasteiger partial charge in [-0.25, -0.2) is 12.8 Å². The van der Waals surface area contributed by atoms with Crippen molar-refractivity contribution in [1.29, 1.82) is 0 Å². The second kappa shape index (κ2) is 5.77. The lowest BCUT2D eigenvalue weighted by molar-refractivity contribution is 0.183. The van der Waals surface area contributed by atoms with E-state index in [0.29, 0.717) is 23.4 Å². The molecule has 2 rings (SSSR count). The molecule has 2 atom stereocenters. The fourth-order valence-electron chi connectivity index (χ4n) is 2.55. The van der Waals surface area contributed by atoms with Crippen LogP contribution in [0, 0.1) is 17.7 Å². The second-order valence-electron chi connectivity index (χ2n) is 5.05. The van der Waals surface area contributed by atoms with Gasteiger partial charge in [0.15, 0.2) is 9.84 Å². The Bertz CT molecular complexity index is 559. The van der Waals surface area contributed by atoms with Crippen molar-refractivity contribution in [3.05, 3.63) is 34.6 Å². The average Bonchev–Trinajstić information content (AvgIpc) is 2.69. The molecule has 0 saturated carbocycles. The molecular weight excluding hydrogens is 291 g/mol. The van der Waals surface area contributed by atoms with Gasteiger partial charge in [0.1, 0.15) is 5.82 Å². The van der Waals surface area contributed by atoms with Crippen LogP contribution in [0.25, 0.3) is 0 Å². The van der Waals surface area contributed by atoms with Crippen molar-refractivity contribution in [3.8, 4) is 0 Å². The van der Waals surface area contributed by atoms with Gasteiger partial charge in [-0.2, -0.15) is 0 Å². The van der Waals surface area contributed by atoms with Crippen LogP contribution in [0.1, 0.15) is 12.0 Å². The Kier molecular flexibility index (Phi) is 4.48. The minimum absolute atomic E-state index is 0.0907. The van der Waals surface area contributed by atoms with Gasteiger partial charge in [-0.05, 0) is 42.4 Å². The van der Waals surface area contributed by atoms with Crippen molar-refractivity contribution in [2.45, 2.75) is 12.8 Å². The van der Waals surface area contributed by atoms with Crippen molar-refractivity contribution in [1.82, 2.24) is 0 Å². The van der Waals surface area contributed by atoms with Gasteiger partial charge in [0.05, 0.1) is 11.5 Å². The molecule has 3 nitrogen and oxygen atoms in total. The number of aliphatic hydroxyl groups is 1. The highest BCUT2D eigenvalue weighted by atomic mass is 35.5. The molecule has 0 aromatic heterocycles. The van der Waals surface area contributed by atoms with Gasteiger partial charge in [-0.1, -0.05) is 17.7 Å². The summed E-state index contributed by atoms with van der Waals surface area (Å²) in [5, 5.41) is 9.74. The number of hydrogen-bond acceptors (Lipinski definition) is 3. The summed E-state index contributed by atoms with van der Waals surface area (Å²) in [6.07, 6.45) is 0.877. The number of benzene rings is 1. The summed E-state index contributed by atoms with van der Waals surface area (Å²) in [7, 11) is -2.99. The van der Waals surface area contributed by atoms with Gasteiger partial charge in [0, 0.05) is 11.6 Å². The molecule has 1 heterocycles. The fraction of sp³-hybridized carbons (Fsp3) is 0.538. The minimum Gasteiger partial charge on any atom is -0.396 e. The number of rotatable bonds is 4. The van der Waals surface area contributed by atoms with Gasteiger partial charge >= 0.3 is 0 Å². The van der Waals surface area contributed by atoms with Gasteiger partial charge in [-0.3, -0.25) is 0 Å². The van der Waals surface area contributed by atoms with Crippen molar-refractivity contribution < 1.29 is 17.9 Å². The van der Waals surface area contributed by atoms with Crippen LogP contribution in [0.4, 0.5) is 4.39 Å². The van der Waals surface area contributed by atoms with E-state index in [1.54, 1.807) is 12.1 Å². The lowest BCUT2D eigenvalue weighted by atomic mass is 9.87. The van der Waals surface area contributed by atoms with E-state index in [9.17, 15) is 17.9 Å². The first-order chi connectivity index (χ1) is 8.91. The zero-order valence-corrected chi connectivity index (χ0v) is 11.9. The van der Waals surface area contributed by atoms with E-state index < -0.39 is 15.7 Å². The summed E-state index contributed by atoms with van der Waals surface area (Å²) in [5.41, 5.74) is 0.466. The lowest BCUT2D eigenvalue weighted by Crippen LogP contribution is -2.22. The molecule has 1 N–H and O–H groups in total. The molecule has 6 heteroatoms. The van der Waals surface area contributed by atoms with Crippen LogP contribution in [0.15, 0.2) is 18.2 Å². The van der Waals surface area contributed by atoms with E-state index >= 15 is 0 Å². The van der Waals surface area contributed by atoms with Crippen molar-refractivity contribution >= 4 is 21.4 Å². The van der Waals surface area contributed by atoms with Crippen LogP contribution < -0.4 is 0 Å². The Labute approximate surface area is 117 Å². The molecule has 0 bridgehead atoms. The van der Waals surface area contributed by atoms with Crippen LogP contribution in [0.3, 0.4) is 0 Å². The SMILES string of the molecule is O=S1(=O)CCC(C(CO)Cc2ccc(Cl)cc2F)C1. The van der Waals surface area contributed by atoms with Gasteiger partial charge < -0.3 is 5.11 Å². The van der Waals surface area contributed by atoms with Crippen molar-refractivity contribution in [2.24, 2.45) is 11.8 Å². The number of sulfone groups is 1. The first kappa shape index (κ1) is 14.8. The number of halogens is 2. The quantitative estimate of drug-likeness (QED) is 0.926. The van der Waals surface area contributed by atoms with E-state index in [0.717, 1.165) is 0 Å². The third-order valence-electron chi connectivity index (χ3n) is 3.67. The van der Waals surface area contributed by atoms with E-state index in [-0.39, 0.29) is 29.9 Å². The first-order valence-electron chi connectivity index (χ1n) is 6.16. The molecule has 19 heavy (non-hydrogen) atoms. The summed E-state index contributed by atoms with van der Waals surface area (Å²) < 4.78 is 36.6. The predicted molar refractivity (Wildman–Crippen MR) is 72.5 cm³/mol. The standard InChI is InChI=1S/C13H16ClFO3S/c14-12-2-1-9(13(15)6-12)5-11(7-16)10-3-4-19(17,18)8-10/h1-2,6,10-11,16H,3-5,7-8H2. The zero-order chi connectivity index (χ0) is 14.0. The highest BCUT2D eigenvalue weighted by molar-refractivity contribution is 7.91. The van der Waals surface area contributed by atoms with Gasteiger partial charge in [0.2, 0.25) is 0 Å². The Morgan fingerprint density at radius 3 is 2.74 bits per heavy atom. The maximum absolute atomic E-state index is 13.7. The smallest absolute Gasteiger partial charge is 0.150 e. The molecule has 1 aliphatic rings. The third kappa shape index (κ3) is 3.68. The summed E-state index contributed by atoms with van der Waals surface area (Å²) >= 11 is 5.68. The largest absolute Gasteiger partial charge is 0.396 e. The monoisotopic (exact) mass is 306 g/mol. The molecule has 1 fully saturated rings. The molecule has 1 aromatic carbocycles. The maximum atomic E-state index is 13.7. The normalized spacial score (nSPS) is 23.4. The van der Waals surface area contributed by atoms with E-state index in [1.165, 1.54) is 6.07 Å². The summed E-state index contributed by atoms with van der Waals surface area (Å²) in [6.45, 7) is -0.137. The third-order valence-corrected chi connectivity index (χ3v) is 5.69. The molecule has 0 radical (unpaired) electrons. The van der Waals surface area contributed by atoms with Crippen LogP contribution >= 0.6 is 11.6 Å². The summed E-state index contributed by atoms with van der Waals surface area (Å²) in [4.78, 5) is 0. The van der Waals surface area contributed by atoms with Crippen LogP contribution in [-0.4, -0.2) is 31.6 Å². The molecular formula is C13H16ClFO3S. The Balaban J connectivity index is 2.11. The molecule has 0 spiro atoms. The maximum Gasteiger partial charge on any atom is 0.150 e. The topological polar surface area (TPSA) is 54.4 Å². The Morgan fingerprint density at radius 2 is 2.21 bits per heavy atom. The lowest BCUT2D eigenvalue weighted by Gasteiger charge is -2.20. The average molecular weight is 307 g/mol. The highest BCUT2D eigenvalue weighted by Crippen LogP contribution is 2.29. The minimum atomic E-state index is -2.99. The van der Waals surface area contributed by atoms with Gasteiger partial charge in [0.25, 0.3) is 0 Å². The molecule has 1 aliphatic heterocycles. The summed E-state index contributed by atoms with van der Waals surface area (Å²) in [6, 6.07) is 4.42. The highest BCUT2D eigenvalue weighted by Gasteiger charge is 2.33. The molecule has 0 amide bonds.